The third-order valence-electron chi connectivity index (χ3n) is 9.41. The number of carbonyl (C=O) groups excluding carboxylic acids is 1. The zero-order chi connectivity index (χ0) is 34.8. The van der Waals surface area contributed by atoms with Crippen LogP contribution in [0.5, 0.6) is 34.5 Å². The van der Waals surface area contributed by atoms with E-state index < -0.39 is 18.1 Å². The number of methoxy groups -OCH3 is 2. The molecule has 0 saturated carbocycles. The highest BCUT2D eigenvalue weighted by atomic mass is 16.5. The number of allylic oxidation sites excluding steroid dienone is 4. The molecule has 0 unspecified atom stereocenters. The fourth-order valence-electron chi connectivity index (χ4n) is 6.94. The molecule has 2 N–H and O–H groups in total. The lowest BCUT2D eigenvalue weighted by atomic mass is 9.77. The monoisotopic (exact) mass is 660 g/mol. The van der Waals surface area contributed by atoms with Crippen LogP contribution >= 0.6 is 0 Å². The SMILES string of the molecule is COc1cc(OC)c2c(c1CC=C(C)C)O[C@H](c1ccccc1)C[C@H]2c1c(O)c(CC=C(C)C)c2c(c1O)C(=O)C[C@@H](c1ccccc1)O2. The molecule has 2 aliphatic heterocycles. The maximum atomic E-state index is 14.1. The Morgan fingerprint density at radius 1 is 0.735 bits per heavy atom. The van der Waals surface area contributed by atoms with Crippen molar-refractivity contribution >= 4 is 5.78 Å². The first-order chi connectivity index (χ1) is 23.6. The van der Waals surface area contributed by atoms with Crippen molar-refractivity contribution in [2.45, 2.75) is 71.5 Å². The Balaban J connectivity index is 1.63. The Morgan fingerprint density at radius 3 is 1.86 bits per heavy atom. The molecule has 0 spiro atoms. The molecule has 0 fully saturated rings. The van der Waals surface area contributed by atoms with Gasteiger partial charge in [0.05, 0.1) is 20.6 Å². The van der Waals surface area contributed by atoms with Crippen molar-refractivity contribution in [1.82, 2.24) is 0 Å². The number of hydrogen-bond acceptors (Lipinski definition) is 7. The minimum Gasteiger partial charge on any atom is -0.507 e. The second-order valence-corrected chi connectivity index (χ2v) is 13.2. The van der Waals surface area contributed by atoms with Crippen molar-refractivity contribution in [3.63, 3.8) is 0 Å². The summed E-state index contributed by atoms with van der Waals surface area (Å²) < 4.78 is 25.2. The highest BCUT2D eigenvalue weighted by Crippen LogP contribution is 2.59. The highest BCUT2D eigenvalue weighted by Gasteiger charge is 2.42. The average Bonchev–Trinajstić information content (AvgIpc) is 3.10. The van der Waals surface area contributed by atoms with Crippen LogP contribution in [0.2, 0.25) is 0 Å². The van der Waals surface area contributed by atoms with Gasteiger partial charge >= 0.3 is 0 Å². The van der Waals surface area contributed by atoms with Gasteiger partial charge in [-0.2, -0.15) is 0 Å². The van der Waals surface area contributed by atoms with Crippen LogP contribution in [0.4, 0.5) is 0 Å². The summed E-state index contributed by atoms with van der Waals surface area (Å²) in [6, 6.07) is 21.3. The first-order valence-electron chi connectivity index (χ1n) is 16.7. The standard InChI is InChI=1S/C42H44O7/c1-24(2)17-19-28-34(46-5)23-35(47-6)36-30(21-32(48-41(28)36)26-13-9-7-10-14-26)37-39(44)29(20-18-25(3)4)42-38(40(37)45)31(43)22-33(49-42)27-15-11-8-12-16-27/h7-18,23,30,32-33,44-45H,19-22H2,1-6H3/t30-,32+,33+/m1/s1. The second-order valence-electron chi connectivity index (χ2n) is 13.2. The van der Waals surface area contributed by atoms with Crippen LogP contribution in [-0.2, 0) is 12.8 Å². The topological polar surface area (TPSA) is 94.5 Å². The summed E-state index contributed by atoms with van der Waals surface area (Å²) >= 11 is 0. The lowest BCUT2D eigenvalue weighted by Crippen LogP contribution is -2.25. The minimum atomic E-state index is -0.615. The molecule has 0 bridgehead atoms. The van der Waals surface area contributed by atoms with Crippen LogP contribution in [0.3, 0.4) is 0 Å². The van der Waals surface area contributed by atoms with Gasteiger partial charge in [0, 0.05) is 40.7 Å². The molecule has 2 heterocycles. The van der Waals surface area contributed by atoms with Crippen molar-refractivity contribution in [3.8, 4) is 34.5 Å². The van der Waals surface area contributed by atoms with Gasteiger partial charge in [0.15, 0.2) is 5.78 Å². The summed E-state index contributed by atoms with van der Waals surface area (Å²) in [4.78, 5) is 14.1. The number of ketones is 1. The van der Waals surface area contributed by atoms with Crippen molar-refractivity contribution in [3.05, 3.63) is 129 Å². The smallest absolute Gasteiger partial charge is 0.174 e. The fraction of sp³-hybridized carbons (Fsp3) is 0.310. The molecule has 4 aromatic rings. The van der Waals surface area contributed by atoms with E-state index in [1.54, 1.807) is 14.2 Å². The number of carbonyl (C=O) groups is 1. The van der Waals surface area contributed by atoms with Crippen molar-refractivity contribution in [1.29, 1.82) is 0 Å². The number of aromatic hydroxyl groups is 2. The van der Waals surface area contributed by atoms with Crippen molar-refractivity contribution in [2.24, 2.45) is 0 Å². The fourth-order valence-corrected chi connectivity index (χ4v) is 6.94. The number of Topliss-reactive ketones (excluding diaryl/α,β-unsaturated/α-hetero) is 1. The summed E-state index contributed by atoms with van der Waals surface area (Å²) in [6.07, 6.45) is 4.38. The molecule has 6 rings (SSSR count). The van der Waals surface area contributed by atoms with Gasteiger partial charge in [-0.25, -0.2) is 0 Å². The molecular weight excluding hydrogens is 616 g/mol. The lowest BCUT2D eigenvalue weighted by Gasteiger charge is -2.37. The largest absolute Gasteiger partial charge is 0.507 e. The summed E-state index contributed by atoms with van der Waals surface area (Å²) in [5.74, 6) is 0.660. The molecule has 0 aromatic heterocycles. The van der Waals surface area contributed by atoms with Crippen molar-refractivity contribution < 1.29 is 34.0 Å². The molecule has 0 aliphatic carbocycles. The normalized spacial score (nSPS) is 17.9. The van der Waals surface area contributed by atoms with E-state index >= 15 is 0 Å². The number of hydrogen-bond donors (Lipinski definition) is 2. The van der Waals surface area contributed by atoms with E-state index in [-0.39, 0.29) is 40.6 Å². The van der Waals surface area contributed by atoms with E-state index in [0.29, 0.717) is 47.6 Å². The van der Waals surface area contributed by atoms with Gasteiger partial charge in [-0.3, -0.25) is 4.79 Å². The molecule has 49 heavy (non-hydrogen) atoms. The van der Waals surface area contributed by atoms with Gasteiger partial charge in [0.2, 0.25) is 0 Å². The molecule has 7 nitrogen and oxygen atoms in total. The number of phenolic OH excluding ortho intramolecular Hbond substituents is 2. The number of rotatable bonds is 9. The predicted octanol–water partition coefficient (Wildman–Crippen LogP) is 9.49. The van der Waals surface area contributed by atoms with Crippen LogP contribution in [0.15, 0.2) is 90.0 Å². The third-order valence-corrected chi connectivity index (χ3v) is 9.41. The number of phenols is 2. The van der Waals surface area contributed by atoms with Gasteiger partial charge in [0.25, 0.3) is 0 Å². The summed E-state index contributed by atoms with van der Waals surface area (Å²) in [6.45, 7) is 8.04. The van der Waals surface area contributed by atoms with E-state index in [0.717, 1.165) is 27.8 Å². The maximum Gasteiger partial charge on any atom is 0.174 e. The van der Waals surface area contributed by atoms with E-state index in [1.165, 1.54) is 0 Å². The molecular formula is C42H44O7. The van der Waals surface area contributed by atoms with Crippen LogP contribution < -0.4 is 18.9 Å². The first kappa shape index (κ1) is 33.7. The van der Waals surface area contributed by atoms with E-state index in [2.05, 4.69) is 6.08 Å². The Kier molecular flexibility index (Phi) is 9.72. The minimum absolute atomic E-state index is 0.0568. The third kappa shape index (κ3) is 6.50. The summed E-state index contributed by atoms with van der Waals surface area (Å²) in [5, 5.41) is 24.5. The number of fused-ring (bicyclic) bond motifs is 2. The maximum absolute atomic E-state index is 14.1. The summed E-state index contributed by atoms with van der Waals surface area (Å²) in [7, 11) is 3.20. The molecule has 3 atom stereocenters. The molecule has 0 radical (unpaired) electrons. The van der Waals surface area contributed by atoms with Gasteiger partial charge in [-0.05, 0) is 51.7 Å². The molecule has 4 aromatic carbocycles. The van der Waals surface area contributed by atoms with E-state index in [4.69, 9.17) is 18.9 Å². The average molecular weight is 661 g/mol. The number of ether oxygens (including phenoxy) is 4. The molecule has 0 saturated heterocycles. The second kappa shape index (κ2) is 14.1. The van der Waals surface area contributed by atoms with Gasteiger partial charge in [-0.15, -0.1) is 0 Å². The Morgan fingerprint density at radius 2 is 1.29 bits per heavy atom. The predicted molar refractivity (Wildman–Crippen MR) is 191 cm³/mol. The quantitative estimate of drug-likeness (QED) is 0.173. The Hall–Kier alpha value is -5.17. The van der Waals surface area contributed by atoms with Crippen LogP contribution in [0.25, 0.3) is 0 Å². The van der Waals surface area contributed by atoms with Crippen LogP contribution in [0, 0.1) is 0 Å². The molecule has 7 heteroatoms. The molecule has 254 valence electrons. The Bertz CT molecular complexity index is 1920. The van der Waals surface area contributed by atoms with Crippen LogP contribution in [0.1, 0.15) is 102 Å². The molecule has 2 aliphatic rings. The van der Waals surface area contributed by atoms with Gasteiger partial charge in [0.1, 0.15) is 52.3 Å². The van der Waals surface area contributed by atoms with Gasteiger partial charge < -0.3 is 29.2 Å². The Labute approximate surface area is 288 Å². The first-order valence-corrected chi connectivity index (χ1v) is 16.7. The lowest BCUT2D eigenvalue weighted by molar-refractivity contribution is 0.0841. The number of benzene rings is 4. The highest BCUT2D eigenvalue weighted by molar-refractivity contribution is 6.04. The molecule has 0 amide bonds. The van der Waals surface area contributed by atoms with E-state index in [1.807, 2.05) is 101 Å². The van der Waals surface area contributed by atoms with Crippen molar-refractivity contribution in [2.75, 3.05) is 14.2 Å². The zero-order valence-corrected chi connectivity index (χ0v) is 29.0. The van der Waals surface area contributed by atoms with E-state index in [9.17, 15) is 15.0 Å². The zero-order valence-electron chi connectivity index (χ0n) is 29.0. The van der Waals surface area contributed by atoms with Crippen LogP contribution in [-0.4, -0.2) is 30.2 Å². The van der Waals surface area contributed by atoms with Gasteiger partial charge in [-0.1, -0.05) is 84.0 Å². The summed E-state index contributed by atoms with van der Waals surface area (Å²) in [5.41, 5.74) is 6.30.